The van der Waals surface area contributed by atoms with Gasteiger partial charge >= 0.3 is 0 Å². The average Bonchev–Trinajstić information content (AvgIpc) is 3.52. The van der Waals surface area contributed by atoms with E-state index < -0.39 is 4.92 Å². The molecular formula is C27H29N7O4S2. The maximum atomic E-state index is 12.9. The molecule has 0 fully saturated rings. The van der Waals surface area contributed by atoms with Crippen molar-refractivity contribution in [2.24, 2.45) is 13.0 Å². The van der Waals surface area contributed by atoms with Gasteiger partial charge in [-0.15, -0.1) is 21.5 Å². The first-order valence-corrected chi connectivity index (χ1v) is 14.3. The quantitative estimate of drug-likeness (QED) is 0.146. The molecule has 208 valence electrons. The van der Waals surface area contributed by atoms with Gasteiger partial charge in [0, 0.05) is 35.2 Å². The van der Waals surface area contributed by atoms with Gasteiger partial charge < -0.3 is 15.2 Å². The van der Waals surface area contributed by atoms with E-state index in [1.807, 2.05) is 39.0 Å². The zero-order valence-corrected chi connectivity index (χ0v) is 24.3. The number of thiazole rings is 1. The Morgan fingerprint density at radius 2 is 1.93 bits per heavy atom. The highest BCUT2D eigenvalue weighted by molar-refractivity contribution is 7.99. The SMILES string of the molecule is Cc1cccc(C(=O)NC(c2nnc(SCC(=O)Nc3nc(-c4ccc(C)c([N+](=O)[O-])c4)cs3)n2C)C(C)C)c1. The molecule has 0 aliphatic rings. The summed E-state index contributed by atoms with van der Waals surface area (Å²) in [6, 6.07) is 11.9. The molecule has 11 nitrogen and oxygen atoms in total. The summed E-state index contributed by atoms with van der Waals surface area (Å²) in [5, 5.41) is 28.3. The van der Waals surface area contributed by atoms with Crippen LogP contribution in [0.25, 0.3) is 11.3 Å². The minimum atomic E-state index is -0.426. The fraction of sp³-hybridized carbons (Fsp3) is 0.296. The Bertz CT molecular complexity index is 1560. The third-order valence-corrected chi connectivity index (χ3v) is 7.94. The molecule has 2 amide bonds. The molecule has 1 unspecified atom stereocenters. The molecule has 2 aromatic heterocycles. The number of nitro groups is 1. The monoisotopic (exact) mass is 579 g/mol. The molecule has 0 aliphatic heterocycles. The van der Waals surface area contributed by atoms with Crippen LogP contribution in [0.1, 0.15) is 47.2 Å². The minimum Gasteiger partial charge on any atom is -0.342 e. The lowest BCUT2D eigenvalue weighted by Gasteiger charge is -2.21. The number of thioether (sulfide) groups is 1. The van der Waals surface area contributed by atoms with Crippen LogP contribution in [0.15, 0.2) is 53.0 Å². The van der Waals surface area contributed by atoms with Gasteiger partial charge in [-0.05, 0) is 31.9 Å². The summed E-state index contributed by atoms with van der Waals surface area (Å²) < 4.78 is 1.78. The second-order valence-corrected chi connectivity index (χ2v) is 11.4. The predicted molar refractivity (Wildman–Crippen MR) is 156 cm³/mol. The van der Waals surface area contributed by atoms with Gasteiger partial charge in [-0.2, -0.15) is 0 Å². The largest absolute Gasteiger partial charge is 0.342 e. The number of hydrogen-bond donors (Lipinski definition) is 2. The van der Waals surface area contributed by atoms with E-state index in [-0.39, 0.29) is 35.2 Å². The second kappa shape index (κ2) is 12.4. The van der Waals surface area contributed by atoms with E-state index in [2.05, 4.69) is 25.8 Å². The number of nitrogens with zero attached hydrogens (tertiary/aromatic N) is 5. The number of hydrogen-bond acceptors (Lipinski definition) is 9. The van der Waals surface area contributed by atoms with E-state index in [4.69, 9.17) is 0 Å². The van der Waals surface area contributed by atoms with Crippen LogP contribution < -0.4 is 10.6 Å². The highest BCUT2D eigenvalue weighted by Gasteiger charge is 2.25. The molecule has 0 saturated heterocycles. The summed E-state index contributed by atoms with van der Waals surface area (Å²) in [5.74, 6) is 0.238. The first kappa shape index (κ1) is 28.9. The van der Waals surface area contributed by atoms with Crippen molar-refractivity contribution >= 4 is 45.7 Å². The van der Waals surface area contributed by atoms with Crippen LogP contribution in [0, 0.1) is 29.9 Å². The fourth-order valence-electron chi connectivity index (χ4n) is 3.98. The van der Waals surface area contributed by atoms with Crippen LogP contribution in [0.3, 0.4) is 0 Å². The summed E-state index contributed by atoms with van der Waals surface area (Å²) in [4.78, 5) is 40.8. The van der Waals surface area contributed by atoms with Crippen LogP contribution >= 0.6 is 23.1 Å². The molecule has 0 bridgehead atoms. The molecule has 40 heavy (non-hydrogen) atoms. The van der Waals surface area contributed by atoms with Gasteiger partial charge in [0.25, 0.3) is 11.6 Å². The van der Waals surface area contributed by atoms with E-state index in [9.17, 15) is 19.7 Å². The first-order valence-electron chi connectivity index (χ1n) is 12.4. The molecule has 1 atom stereocenters. The summed E-state index contributed by atoms with van der Waals surface area (Å²) in [6.07, 6.45) is 0. The normalized spacial score (nSPS) is 11.8. The Morgan fingerprint density at radius 3 is 2.62 bits per heavy atom. The van der Waals surface area contributed by atoms with Gasteiger partial charge in [-0.1, -0.05) is 55.4 Å². The van der Waals surface area contributed by atoms with Gasteiger partial charge in [-0.3, -0.25) is 19.7 Å². The van der Waals surface area contributed by atoms with Crippen LogP contribution in [0.4, 0.5) is 10.8 Å². The minimum absolute atomic E-state index is 0.0185. The Balaban J connectivity index is 1.38. The van der Waals surface area contributed by atoms with Crippen LogP contribution in [0.5, 0.6) is 0 Å². The molecule has 4 aromatic rings. The highest BCUT2D eigenvalue weighted by Crippen LogP contribution is 2.30. The molecule has 0 spiro atoms. The average molecular weight is 580 g/mol. The lowest BCUT2D eigenvalue weighted by molar-refractivity contribution is -0.385. The molecule has 13 heteroatoms. The predicted octanol–water partition coefficient (Wildman–Crippen LogP) is 5.32. The summed E-state index contributed by atoms with van der Waals surface area (Å²) in [7, 11) is 1.80. The number of carbonyl (C=O) groups is 2. The number of carbonyl (C=O) groups excluding carboxylic acids is 2. The van der Waals surface area contributed by atoms with Crippen molar-refractivity contribution in [2.75, 3.05) is 11.1 Å². The Labute approximate surface area is 239 Å². The van der Waals surface area contributed by atoms with Gasteiger partial charge in [0.15, 0.2) is 16.1 Å². The second-order valence-electron chi connectivity index (χ2n) is 9.60. The molecule has 0 radical (unpaired) electrons. The lowest BCUT2D eigenvalue weighted by atomic mass is 10.0. The number of nitro benzene ring substituents is 1. The number of amides is 2. The molecule has 2 heterocycles. The third-order valence-electron chi connectivity index (χ3n) is 6.16. The fourth-order valence-corrected chi connectivity index (χ4v) is 5.43. The van der Waals surface area contributed by atoms with Crippen LogP contribution in [-0.2, 0) is 11.8 Å². The van der Waals surface area contributed by atoms with Crippen LogP contribution in [0.2, 0.25) is 0 Å². The molecule has 2 aromatic carbocycles. The zero-order chi connectivity index (χ0) is 29.0. The van der Waals surface area contributed by atoms with Crippen LogP contribution in [-0.4, -0.2) is 42.2 Å². The van der Waals surface area contributed by atoms with Crippen molar-refractivity contribution in [2.45, 2.75) is 38.9 Å². The van der Waals surface area contributed by atoms with Crippen molar-refractivity contribution in [3.05, 3.63) is 80.5 Å². The molecule has 2 N–H and O–H groups in total. The van der Waals surface area contributed by atoms with E-state index in [1.165, 1.54) is 29.2 Å². The molecule has 0 saturated carbocycles. The van der Waals surface area contributed by atoms with Gasteiger partial charge in [0.1, 0.15) is 0 Å². The number of aryl methyl sites for hydroxylation is 2. The van der Waals surface area contributed by atoms with Gasteiger partial charge in [0.2, 0.25) is 5.91 Å². The smallest absolute Gasteiger partial charge is 0.272 e. The Kier molecular flexibility index (Phi) is 8.95. The van der Waals surface area contributed by atoms with Crippen molar-refractivity contribution in [1.82, 2.24) is 25.1 Å². The number of rotatable bonds is 10. The molecule has 0 aliphatic carbocycles. The Hall–Kier alpha value is -4.10. The topological polar surface area (TPSA) is 145 Å². The number of nitrogens with one attached hydrogen (secondary N) is 2. The number of aromatic nitrogens is 4. The first-order chi connectivity index (χ1) is 19.0. The van der Waals surface area contributed by atoms with E-state index >= 15 is 0 Å². The lowest BCUT2D eigenvalue weighted by Crippen LogP contribution is -2.33. The van der Waals surface area contributed by atoms with Gasteiger partial charge in [0.05, 0.1) is 22.4 Å². The maximum absolute atomic E-state index is 12.9. The van der Waals surface area contributed by atoms with Crippen molar-refractivity contribution in [3.8, 4) is 11.3 Å². The maximum Gasteiger partial charge on any atom is 0.272 e. The highest BCUT2D eigenvalue weighted by atomic mass is 32.2. The van der Waals surface area contributed by atoms with Crippen molar-refractivity contribution in [3.63, 3.8) is 0 Å². The Morgan fingerprint density at radius 1 is 1.15 bits per heavy atom. The number of anilines is 1. The molecular weight excluding hydrogens is 550 g/mol. The zero-order valence-electron chi connectivity index (χ0n) is 22.7. The van der Waals surface area contributed by atoms with E-state index in [1.54, 1.807) is 42.1 Å². The third kappa shape index (κ3) is 6.72. The summed E-state index contributed by atoms with van der Waals surface area (Å²) >= 11 is 2.45. The summed E-state index contributed by atoms with van der Waals surface area (Å²) in [5.41, 5.74) is 3.30. The summed E-state index contributed by atoms with van der Waals surface area (Å²) in [6.45, 7) is 7.60. The van der Waals surface area contributed by atoms with Gasteiger partial charge in [-0.25, -0.2) is 4.98 Å². The van der Waals surface area contributed by atoms with E-state index in [0.717, 1.165) is 5.56 Å². The van der Waals surface area contributed by atoms with Crippen molar-refractivity contribution in [1.29, 1.82) is 0 Å². The van der Waals surface area contributed by atoms with E-state index in [0.29, 0.717) is 38.5 Å². The standard InChI is InChI=1S/C27H29N7O4S2/c1-15(2)23(30-25(36)19-8-6-7-16(3)11-19)24-31-32-27(33(24)5)40-14-22(35)29-26-28-20(13-39-26)18-10-9-17(4)21(12-18)34(37)38/h6-13,15,23H,14H2,1-5H3,(H,30,36)(H,28,29,35). The number of benzene rings is 2. The van der Waals surface area contributed by atoms with Crippen molar-refractivity contribution < 1.29 is 14.5 Å². The molecule has 4 rings (SSSR count).